The van der Waals surface area contributed by atoms with E-state index in [1.165, 1.54) is 16.7 Å². The first-order valence-corrected chi connectivity index (χ1v) is 7.22. The van der Waals surface area contributed by atoms with E-state index in [-0.39, 0.29) is 12.1 Å². The van der Waals surface area contributed by atoms with Gasteiger partial charge in [-0.3, -0.25) is 4.90 Å². The fraction of sp³-hybridized carbons (Fsp3) is 0.625. The summed E-state index contributed by atoms with van der Waals surface area (Å²) < 4.78 is 0. The molecule has 106 valence electrons. The van der Waals surface area contributed by atoms with Crippen molar-refractivity contribution in [1.29, 1.82) is 0 Å². The van der Waals surface area contributed by atoms with Crippen molar-refractivity contribution < 1.29 is 5.11 Å². The molecule has 1 aliphatic heterocycles. The highest BCUT2D eigenvalue weighted by Gasteiger charge is 2.33. The molecule has 1 saturated heterocycles. The van der Waals surface area contributed by atoms with E-state index in [2.05, 4.69) is 49.2 Å². The van der Waals surface area contributed by atoms with Gasteiger partial charge >= 0.3 is 0 Å². The highest BCUT2D eigenvalue weighted by atomic mass is 16.3. The molecule has 1 fully saturated rings. The number of aryl methyl sites for hydroxylation is 2. The summed E-state index contributed by atoms with van der Waals surface area (Å²) in [6.07, 6.45) is 1.14. The van der Waals surface area contributed by atoms with Crippen molar-refractivity contribution in [2.24, 2.45) is 0 Å². The molecule has 2 N–H and O–H groups in total. The van der Waals surface area contributed by atoms with Gasteiger partial charge in [0.2, 0.25) is 0 Å². The number of aliphatic hydroxyl groups excluding tert-OH is 1. The predicted octanol–water partition coefficient (Wildman–Crippen LogP) is 1.81. The molecular formula is C16H26N2O. The third kappa shape index (κ3) is 2.99. The fourth-order valence-corrected chi connectivity index (χ4v) is 2.79. The Kier molecular flexibility index (Phi) is 4.61. The van der Waals surface area contributed by atoms with Gasteiger partial charge in [-0.25, -0.2) is 0 Å². The first-order chi connectivity index (χ1) is 9.08. The zero-order valence-electron chi connectivity index (χ0n) is 12.4. The molecule has 0 spiro atoms. The van der Waals surface area contributed by atoms with E-state index in [1.807, 2.05) is 0 Å². The standard InChI is InChI=1S/C16H26N2O/c1-13-5-6-15(11-14(13)2)16(3,12-19)18-9-4-7-17-8-10-18/h5-6,11,17,19H,4,7-10,12H2,1-3H3. The van der Waals surface area contributed by atoms with Gasteiger partial charge in [0.05, 0.1) is 12.1 Å². The smallest absolute Gasteiger partial charge is 0.0666 e. The minimum atomic E-state index is -0.273. The topological polar surface area (TPSA) is 35.5 Å². The summed E-state index contributed by atoms with van der Waals surface area (Å²) in [6, 6.07) is 6.55. The lowest BCUT2D eigenvalue weighted by Gasteiger charge is -2.40. The summed E-state index contributed by atoms with van der Waals surface area (Å²) in [5, 5.41) is 13.4. The van der Waals surface area contributed by atoms with Crippen molar-refractivity contribution in [1.82, 2.24) is 10.2 Å². The molecule has 2 rings (SSSR count). The van der Waals surface area contributed by atoms with Crippen LogP contribution in [0.2, 0.25) is 0 Å². The Hall–Kier alpha value is -0.900. The van der Waals surface area contributed by atoms with Crippen molar-refractivity contribution >= 4 is 0 Å². The van der Waals surface area contributed by atoms with E-state index in [1.54, 1.807) is 0 Å². The van der Waals surface area contributed by atoms with Crippen LogP contribution in [0.1, 0.15) is 30.0 Å². The van der Waals surface area contributed by atoms with Gasteiger partial charge in [-0.15, -0.1) is 0 Å². The fourth-order valence-electron chi connectivity index (χ4n) is 2.79. The molecule has 3 heteroatoms. The van der Waals surface area contributed by atoms with Crippen LogP contribution in [0, 0.1) is 13.8 Å². The van der Waals surface area contributed by atoms with E-state index in [0.29, 0.717) is 0 Å². The van der Waals surface area contributed by atoms with Gasteiger partial charge in [0.1, 0.15) is 0 Å². The Bertz CT molecular complexity index is 425. The Labute approximate surface area is 116 Å². The molecule has 1 atom stereocenters. The van der Waals surface area contributed by atoms with Crippen LogP contribution in [0.25, 0.3) is 0 Å². The zero-order chi connectivity index (χ0) is 13.9. The molecule has 1 unspecified atom stereocenters. The molecular weight excluding hydrogens is 236 g/mol. The number of hydrogen-bond acceptors (Lipinski definition) is 3. The van der Waals surface area contributed by atoms with Gasteiger partial charge in [0.15, 0.2) is 0 Å². The summed E-state index contributed by atoms with van der Waals surface area (Å²) in [6.45, 7) is 10.7. The summed E-state index contributed by atoms with van der Waals surface area (Å²) in [5.74, 6) is 0. The van der Waals surface area contributed by atoms with Crippen LogP contribution in [0.4, 0.5) is 0 Å². The Morgan fingerprint density at radius 3 is 2.68 bits per heavy atom. The second kappa shape index (κ2) is 6.04. The second-order valence-corrected chi connectivity index (χ2v) is 5.82. The third-order valence-electron chi connectivity index (χ3n) is 4.47. The van der Waals surface area contributed by atoms with Crippen LogP contribution in [-0.4, -0.2) is 42.8 Å². The van der Waals surface area contributed by atoms with Crippen LogP contribution in [0.3, 0.4) is 0 Å². The van der Waals surface area contributed by atoms with Crippen LogP contribution < -0.4 is 5.32 Å². The summed E-state index contributed by atoms with van der Waals surface area (Å²) >= 11 is 0. The largest absolute Gasteiger partial charge is 0.394 e. The van der Waals surface area contributed by atoms with E-state index >= 15 is 0 Å². The first kappa shape index (κ1) is 14.5. The summed E-state index contributed by atoms with van der Waals surface area (Å²) in [5.41, 5.74) is 3.55. The van der Waals surface area contributed by atoms with E-state index in [9.17, 15) is 5.11 Å². The zero-order valence-corrected chi connectivity index (χ0v) is 12.4. The number of benzene rings is 1. The maximum Gasteiger partial charge on any atom is 0.0666 e. The van der Waals surface area contributed by atoms with Gasteiger partial charge < -0.3 is 10.4 Å². The van der Waals surface area contributed by atoms with Crippen molar-refractivity contribution in [2.45, 2.75) is 32.7 Å². The molecule has 0 aliphatic carbocycles. The average molecular weight is 262 g/mol. The van der Waals surface area contributed by atoms with E-state index in [4.69, 9.17) is 0 Å². The Morgan fingerprint density at radius 1 is 1.21 bits per heavy atom. The molecule has 0 radical (unpaired) electrons. The molecule has 1 aromatic rings. The van der Waals surface area contributed by atoms with Crippen molar-refractivity contribution in [3.05, 3.63) is 34.9 Å². The Balaban J connectivity index is 2.31. The van der Waals surface area contributed by atoms with Crippen molar-refractivity contribution in [2.75, 3.05) is 32.8 Å². The number of aliphatic hydroxyl groups is 1. The number of nitrogens with zero attached hydrogens (tertiary/aromatic N) is 1. The minimum Gasteiger partial charge on any atom is -0.394 e. The SMILES string of the molecule is Cc1ccc(C(C)(CO)N2CCCNCC2)cc1C. The first-order valence-electron chi connectivity index (χ1n) is 7.22. The van der Waals surface area contributed by atoms with Gasteiger partial charge in [-0.05, 0) is 50.4 Å². The number of nitrogens with one attached hydrogen (secondary N) is 1. The monoisotopic (exact) mass is 262 g/mol. The molecule has 0 saturated carbocycles. The number of hydrogen-bond donors (Lipinski definition) is 2. The molecule has 0 amide bonds. The molecule has 1 aromatic carbocycles. The number of rotatable bonds is 3. The van der Waals surface area contributed by atoms with E-state index in [0.717, 1.165) is 32.6 Å². The van der Waals surface area contributed by atoms with Gasteiger partial charge in [0, 0.05) is 19.6 Å². The average Bonchev–Trinajstić information content (AvgIpc) is 2.70. The van der Waals surface area contributed by atoms with Gasteiger partial charge in [0.25, 0.3) is 0 Å². The lowest BCUT2D eigenvalue weighted by molar-refractivity contribution is 0.0452. The lowest BCUT2D eigenvalue weighted by Crippen LogP contribution is -2.48. The molecule has 0 aromatic heterocycles. The van der Waals surface area contributed by atoms with Crippen molar-refractivity contribution in [3.63, 3.8) is 0 Å². The predicted molar refractivity (Wildman–Crippen MR) is 79.4 cm³/mol. The molecule has 0 bridgehead atoms. The normalized spacial score (nSPS) is 20.8. The van der Waals surface area contributed by atoms with Crippen LogP contribution >= 0.6 is 0 Å². The maximum absolute atomic E-state index is 9.98. The van der Waals surface area contributed by atoms with Gasteiger partial charge in [-0.2, -0.15) is 0 Å². The minimum absolute atomic E-state index is 0.162. The lowest BCUT2D eigenvalue weighted by atomic mass is 9.88. The third-order valence-corrected chi connectivity index (χ3v) is 4.47. The Morgan fingerprint density at radius 2 is 2.00 bits per heavy atom. The summed E-state index contributed by atoms with van der Waals surface area (Å²) in [4.78, 5) is 2.41. The second-order valence-electron chi connectivity index (χ2n) is 5.82. The molecule has 1 aliphatic rings. The maximum atomic E-state index is 9.98. The van der Waals surface area contributed by atoms with Crippen molar-refractivity contribution in [3.8, 4) is 0 Å². The van der Waals surface area contributed by atoms with E-state index < -0.39 is 0 Å². The quantitative estimate of drug-likeness (QED) is 0.872. The van der Waals surface area contributed by atoms with Gasteiger partial charge in [-0.1, -0.05) is 18.2 Å². The highest BCUT2D eigenvalue weighted by molar-refractivity contribution is 5.34. The molecule has 19 heavy (non-hydrogen) atoms. The highest BCUT2D eigenvalue weighted by Crippen LogP contribution is 2.29. The van der Waals surface area contributed by atoms with Crippen LogP contribution in [0.5, 0.6) is 0 Å². The molecule has 1 heterocycles. The van der Waals surface area contributed by atoms with Crippen LogP contribution in [0.15, 0.2) is 18.2 Å². The van der Waals surface area contributed by atoms with Crippen LogP contribution in [-0.2, 0) is 5.54 Å². The molecule has 3 nitrogen and oxygen atoms in total. The summed E-state index contributed by atoms with van der Waals surface area (Å²) in [7, 11) is 0.